The molecule has 2 N–H and O–H groups in total. The number of anilines is 2. The van der Waals surface area contributed by atoms with Crippen molar-refractivity contribution < 1.29 is 23.8 Å². The normalized spacial score (nSPS) is 10.8. The second-order valence-electron chi connectivity index (χ2n) is 7.58. The Kier molecular flexibility index (Phi) is 10.6. The first kappa shape index (κ1) is 29.1. The van der Waals surface area contributed by atoms with Crippen LogP contribution in [0.15, 0.2) is 60.2 Å². The molecule has 3 aromatic rings. The lowest BCUT2D eigenvalue weighted by atomic mass is 10.1. The van der Waals surface area contributed by atoms with Crippen molar-refractivity contribution in [2.24, 2.45) is 0 Å². The molecule has 2 amide bonds. The summed E-state index contributed by atoms with van der Waals surface area (Å²) < 4.78 is 17.2. The third-order valence-electron chi connectivity index (χ3n) is 4.91. The molecule has 0 aromatic heterocycles. The van der Waals surface area contributed by atoms with Gasteiger partial charge in [0.05, 0.1) is 27.3 Å². The molecule has 0 unspecified atom stereocenters. The molecule has 0 aliphatic rings. The van der Waals surface area contributed by atoms with Gasteiger partial charge < -0.3 is 24.8 Å². The summed E-state index contributed by atoms with van der Waals surface area (Å²) in [5, 5.41) is 15.7. The largest absolute Gasteiger partial charge is 0.497 e. The highest BCUT2D eigenvalue weighted by molar-refractivity contribution is 14.1. The van der Waals surface area contributed by atoms with Crippen molar-refractivity contribution in [1.82, 2.24) is 0 Å². The van der Waals surface area contributed by atoms with Crippen LogP contribution in [0.4, 0.5) is 11.4 Å². The zero-order valence-electron chi connectivity index (χ0n) is 20.3. The third kappa shape index (κ3) is 8.02. The van der Waals surface area contributed by atoms with Crippen molar-refractivity contribution >= 4 is 75.1 Å². The van der Waals surface area contributed by atoms with E-state index < -0.39 is 11.8 Å². The van der Waals surface area contributed by atoms with Gasteiger partial charge in [0.15, 0.2) is 18.1 Å². The van der Waals surface area contributed by atoms with Gasteiger partial charge in [0, 0.05) is 11.4 Å². The number of nitriles is 1. The summed E-state index contributed by atoms with van der Waals surface area (Å²) in [6, 6.07) is 16.8. The minimum Gasteiger partial charge on any atom is -0.497 e. The lowest BCUT2D eigenvalue weighted by Gasteiger charge is -2.15. The van der Waals surface area contributed by atoms with E-state index in [1.807, 2.05) is 28.7 Å². The Hall–Kier alpha value is -3.46. The van der Waals surface area contributed by atoms with Crippen molar-refractivity contribution in [3.05, 3.63) is 79.3 Å². The van der Waals surface area contributed by atoms with E-state index >= 15 is 0 Å². The quantitative estimate of drug-likeness (QED) is 0.144. The second-order valence-corrected chi connectivity index (χ2v) is 9.56. The van der Waals surface area contributed by atoms with Gasteiger partial charge in [-0.1, -0.05) is 23.2 Å². The number of methoxy groups -OCH3 is 1. The Morgan fingerprint density at radius 2 is 1.71 bits per heavy atom. The van der Waals surface area contributed by atoms with Gasteiger partial charge in [-0.05, 0) is 95.8 Å². The van der Waals surface area contributed by atoms with E-state index in [0.717, 1.165) is 0 Å². The predicted octanol–water partition coefficient (Wildman–Crippen LogP) is 6.57. The van der Waals surface area contributed by atoms with Crippen LogP contribution in [0.1, 0.15) is 12.5 Å². The van der Waals surface area contributed by atoms with E-state index in [9.17, 15) is 14.9 Å². The number of benzene rings is 3. The van der Waals surface area contributed by atoms with Gasteiger partial charge in [0.2, 0.25) is 0 Å². The summed E-state index contributed by atoms with van der Waals surface area (Å²) in [5.41, 5.74) is 1.44. The molecule has 11 heteroatoms. The molecule has 0 bridgehead atoms. The summed E-state index contributed by atoms with van der Waals surface area (Å²) >= 11 is 13.9. The number of hydrogen-bond acceptors (Lipinski definition) is 6. The summed E-state index contributed by atoms with van der Waals surface area (Å²) in [4.78, 5) is 25.1. The van der Waals surface area contributed by atoms with E-state index in [-0.39, 0.29) is 12.2 Å². The van der Waals surface area contributed by atoms with Gasteiger partial charge in [0.1, 0.15) is 17.4 Å². The molecular weight excluding hydrogens is 644 g/mol. The Morgan fingerprint density at radius 3 is 2.34 bits per heavy atom. The van der Waals surface area contributed by atoms with Gasteiger partial charge in [-0.2, -0.15) is 5.26 Å². The van der Waals surface area contributed by atoms with Crippen LogP contribution in [0.25, 0.3) is 6.08 Å². The molecule has 0 atom stereocenters. The van der Waals surface area contributed by atoms with E-state index in [0.29, 0.717) is 54.4 Å². The number of ether oxygens (including phenoxy) is 3. The number of hydrogen-bond donors (Lipinski definition) is 2. The molecular formula is C27H22Cl2IN3O5. The monoisotopic (exact) mass is 665 g/mol. The minimum atomic E-state index is -0.565. The Bertz CT molecular complexity index is 1410. The molecule has 0 heterocycles. The first-order valence-electron chi connectivity index (χ1n) is 11.1. The molecule has 0 saturated carbocycles. The molecule has 0 aliphatic carbocycles. The standard InChI is InChI=1S/C27H22Cl2IN3O5/c1-3-37-24-12-16(10-17(14-31)27(35)33-18-4-7-20(36-2)8-5-18)11-23(30)26(24)38-15-25(34)32-19-6-9-21(28)22(29)13-19/h4-13H,3,15H2,1-2H3,(H,32,34)(H,33,35)/b17-10-. The zero-order chi connectivity index (χ0) is 27.7. The summed E-state index contributed by atoms with van der Waals surface area (Å²) in [5.74, 6) is 0.389. The summed E-state index contributed by atoms with van der Waals surface area (Å²) in [6.07, 6.45) is 1.45. The van der Waals surface area contributed by atoms with E-state index in [2.05, 4.69) is 10.6 Å². The van der Waals surface area contributed by atoms with Crippen LogP contribution >= 0.6 is 45.8 Å². The SMILES string of the molecule is CCOc1cc(/C=C(/C#N)C(=O)Nc2ccc(OC)cc2)cc(I)c1OCC(=O)Nc1ccc(Cl)c(Cl)c1. The highest BCUT2D eigenvalue weighted by atomic mass is 127. The average Bonchev–Trinajstić information content (AvgIpc) is 2.89. The van der Waals surface area contributed by atoms with Crippen molar-refractivity contribution in [1.29, 1.82) is 5.26 Å². The first-order chi connectivity index (χ1) is 18.2. The number of carbonyl (C=O) groups excluding carboxylic acids is 2. The fraction of sp³-hybridized carbons (Fsp3) is 0.148. The van der Waals surface area contributed by atoms with E-state index in [4.69, 9.17) is 37.4 Å². The molecule has 0 radical (unpaired) electrons. The number of nitrogens with zero attached hydrogens (tertiary/aromatic N) is 1. The first-order valence-corrected chi connectivity index (χ1v) is 13.0. The molecule has 3 rings (SSSR count). The maximum Gasteiger partial charge on any atom is 0.266 e. The zero-order valence-corrected chi connectivity index (χ0v) is 24.0. The topological polar surface area (TPSA) is 110 Å². The molecule has 8 nitrogen and oxygen atoms in total. The fourth-order valence-corrected chi connectivity index (χ4v) is 4.25. The molecule has 38 heavy (non-hydrogen) atoms. The highest BCUT2D eigenvalue weighted by Gasteiger charge is 2.16. The Balaban J connectivity index is 1.75. The number of rotatable bonds is 10. The van der Waals surface area contributed by atoms with Crippen molar-refractivity contribution in [2.75, 3.05) is 31.0 Å². The fourth-order valence-electron chi connectivity index (χ4n) is 3.17. The van der Waals surface area contributed by atoms with Gasteiger partial charge in [0.25, 0.3) is 11.8 Å². The Morgan fingerprint density at radius 1 is 1.00 bits per heavy atom. The Labute approximate surface area is 243 Å². The number of carbonyl (C=O) groups is 2. The number of nitrogens with one attached hydrogen (secondary N) is 2. The van der Waals surface area contributed by atoms with Crippen LogP contribution in [-0.2, 0) is 9.59 Å². The highest BCUT2D eigenvalue weighted by Crippen LogP contribution is 2.35. The predicted molar refractivity (Wildman–Crippen MR) is 156 cm³/mol. The lowest BCUT2D eigenvalue weighted by molar-refractivity contribution is -0.118. The van der Waals surface area contributed by atoms with Crippen molar-refractivity contribution in [2.45, 2.75) is 6.92 Å². The average molecular weight is 666 g/mol. The second kappa shape index (κ2) is 13.9. The maximum absolute atomic E-state index is 12.7. The molecule has 0 fully saturated rings. The van der Waals surface area contributed by atoms with Gasteiger partial charge >= 0.3 is 0 Å². The molecule has 0 aliphatic heterocycles. The minimum absolute atomic E-state index is 0.103. The smallest absolute Gasteiger partial charge is 0.266 e. The van der Waals surface area contributed by atoms with Gasteiger partial charge in [-0.25, -0.2) is 0 Å². The van der Waals surface area contributed by atoms with E-state index in [1.54, 1.807) is 62.6 Å². The van der Waals surface area contributed by atoms with E-state index in [1.165, 1.54) is 12.1 Å². The maximum atomic E-state index is 12.7. The third-order valence-corrected chi connectivity index (χ3v) is 6.45. The molecule has 196 valence electrons. The van der Waals surface area contributed by atoms with Crippen LogP contribution in [0, 0.1) is 14.9 Å². The van der Waals surface area contributed by atoms with Crippen molar-refractivity contribution in [3.8, 4) is 23.3 Å². The summed E-state index contributed by atoms with van der Waals surface area (Å²) in [6.45, 7) is 1.84. The molecule has 0 spiro atoms. The molecule has 0 saturated heterocycles. The summed E-state index contributed by atoms with van der Waals surface area (Å²) in [7, 11) is 1.55. The van der Waals surface area contributed by atoms with Crippen LogP contribution in [0.2, 0.25) is 10.0 Å². The van der Waals surface area contributed by atoms with Crippen LogP contribution in [-0.4, -0.2) is 32.1 Å². The van der Waals surface area contributed by atoms with Crippen LogP contribution < -0.4 is 24.8 Å². The van der Waals surface area contributed by atoms with Crippen LogP contribution in [0.3, 0.4) is 0 Å². The van der Waals surface area contributed by atoms with Crippen LogP contribution in [0.5, 0.6) is 17.2 Å². The van der Waals surface area contributed by atoms with Gasteiger partial charge in [-0.3, -0.25) is 9.59 Å². The van der Waals surface area contributed by atoms with Crippen molar-refractivity contribution in [3.63, 3.8) is 0 Å². The number of halogens is 3. The van der Waals surface area contributed by atoms with Gasteiger partial charge in [-0.15, -0.1) is 0 Å². The number of amides is 2. The molecule has 3 aromatic carbocycles. The lowest BCUT2D eigenvalue weighted by Crippen LogP contribution is -2.20.